The van der Waals surface area contributed by atoms with Crippen molar-refractivity contribution in [2.45, 2.75) is 19.3 Å². The molecule has 0 spiro atoms. The molecule has 0 aliphatic rings. The van der Waals surface area contributed by atoms with E-state index in [0.717, 1.165) is 5.69 Å². The van der Waals surface area contributed by atoms with Gasteiger partial charge in [-0.15, -0.1) is 22.9 Å². The first-order valence-corrected chi connectivity index (χ1v) is 4.59. The summed E-state index contributed by atoms with van der Waals surface area (Å²) < 4.78 is 0. The largest absolute Gasteiger partial charge is 0.249 e. The van der Waals surface area contributed by atoms with Crippen LogP contribution in [0.25, 0.3) is 0 Å². The molecule has 0 fully saturated rings. The van der Waals surface area contributed by atoms with E-state index in [-0.39, 0.29) is 5.41 Å². The van der Waals surface area contributed by atoms with E-state index in [9.17, 15) is 0 Å². The van der Waals surface area contributed by atoms with Gasteiger partial charge in [0.15, 0.2) is 0 Å². The average Bonchev–Trinajstić information content (AvgIpc) is 2.38. The maximum absolute atomic E-state index is 5.75. The summed E-state index contributed by atoms with van der Waals surface area (Å²) in [7, 11) is 0. The van der Waals surface area contributed by atoms with Crippen LogP contribution in [0.3, 0.4) is 0 Å². The topological polar surface area (TPSA) is 12.9 Å². The molecule has 0 amide bonds. The predicted molar refractivity (Wildman–Crippen MR) is 45.9 cm³/mol. The molecule has 0 N–H and O–H groups in total. The monoisotopic (exact) mass is 175 g/mol. The SMILES string of the molecule is CC(C)(CCl)c1cscn1. The Kier molecular flexibility index (Phi) is 2.32. The Labute approximate surface area is 70.1 Å². The Morgan fingerprint density at radius 2 is 2.40 bits per heavy atom. The van der Waals surface area contributed by atoms with Gasteiger partial charge in [0.05, 0.1) is 11.2 Å². The van der Waals surface area contributed by atoms with E-state index in [1.807, 2.05) is 10.9 Å². The minimum absolute atomic E-state index is 0.0293. The van der Waals surface area contributed by atoms with Gasteiger partial charge in [-0.25, -0.2) is 4.98 Å². The highest BCUT2D eigenvalue weighted by Gasteiger charge is 2.20. The molecule has 1 nitrogen and oxygen atoms in total. The van der Waals surface area contributed by atoms with E-state index in [1.165, 1.54) is 0 Å². The molecular formula is C7H10ClNS. The number of hydrogen-bond acceptors (Lipinski definition) is 2. The molecule has 1 aromatic heterocycles. The summed E-state index contributed by atoms with van der Waals surface area (Å²) in [4.78, 5) is 4.19. The van der Waals surface area contributed by atoms with Gasteiger partial charge in [-0.05, 0) is 0 Å². The Hall–Kier alpha value is -0.0800. The third-order valence-electron chi connectivity index (χ3n) is 1.46. The minimum atomic E-state index is 0.0293. The van der Waals surface area contributed by atoms with Crippen LogP contribution in [0.5, 0.6) is 0 Å². The van der Waals surface area contributed by atoms with Gasteiger partial charge in [0.2, 0.25) is 0 Å². The van der Waals surface area contributed by atoms with Crippen molar-refractivity contribution in [2.24, 2.45) is 0 Å². The molecule has 1 aromatic rings. The van der Waals surface area contributed by atoms with Crippen LogP contribution >= 0.6 is 22.9 Å². The Balaban J connectivity index is 2.85. The number of nitrogens with zero attached hydrogens (tertiary/aromatic N) is 1. The second kappa shape index (κ2) is 2.89. The van der Waals surface area contributed by atoms with E-state index < -0.39 is 0 Å². The van der Waals surface area contributed by atoms with Crippen molar-refractivity contribution in [3.05, 3.63) is 16.6 Å². The lowest BCUT2D eigenvalue weighted by molar-refractivity contribution is 0.580. The molecular weight excluding hydrogens is 166 g/mol. The predicted octanol–water partition coefficient (Wildman–Crippen LogP) is 2.66. The summed E-state index contributed by atoms with van der Waals surface area (Å²) in [5.41, 5.74) is 2.96. The lowest BCUT2D eigenvalue weighted by Crippen LogP contribution is -2.19. The second-order valence-corrected chi connectivity index (χ2v) is 3.88. The number of alkyl halides is 1. The first-order valence-electron chi connectivity index (χ1n) is 3.11. The maximum Gasteiger partial charge on any atom is 0.0794 e. The van der Waals surface area contributed by atoms with Gasteiger partial charge in [0, 0.05) is 16.7 Å². The van der Waals surface area contributed by atoms with Crippen LogP contribution in [-0.4, -0.2) is 10.9 Å². The molecule has 10 heavy (non-hydrogen) atoms. The van der Waals surface area contributed by atoms with Gasteiger partial charge in [-0.2, -0.15) is 0 Å². The fraction of sp³-hybridized carbons (Fsp3) is 0.571. The maximum atomic E-state index is 5.75. The third-order valence-corrected chi connectivity index (χ3v) is 2.71. The highest BCUT2D eigenvalue weighted by molar-refractivity contribution is 7.07. The number of thiazole rings is 1. The van der Waals surface area contributed by atoms with Gasteiger partial charge >= 0.3 is 0 Å². The van der Waals surface area contributed by atoms with Gasteiger partial charge in [0.25, 0.3) is 0 Å². The van der Waals surface area contributed by atoms with Crippen molar-refractivity contribution >= 4 is 22.9 Å². The van der Waals surface area contributed by atoms with Gasteiger partial charge < -0.3 is 0 Å². The van der Waals surface area contributed by atoms with Gasteiger partial charge in [-0.3, -0.25) is 0 Å². The summed E-state index contributed by atoms with van der Waals surface area (Å²) in [5, 5.41) is 2.04. The third kappa shape index (κ3) is 1.50. The Bertz CT molecular complexity index is 193. The van der Waals surface area contributed by atoms with E-state index >= 15 is 0 Å². The molecule has 0 bridgehead atoms. The van der Waals surface area contributed by atoms with Crippen LogP contribution in [0.15, 0.2) is 10.9 Å². The zero-order chi connectivity index (χ0) is 7.61. The van der Waals surface area contributed by atoms with Gasteiger partial charge in [-0.1, -0.05) is 13.8 Å². The highest BCUT2D eigenvalue weighted by atomic mass is 35.5. The summed E-state index contributed by atoms with van der Waals surface area (Å²) in [6.45, 7) is 4.18. The fourth-order valence-corrected chi connectivity index (χ4v) is 1.50. The number of rotatable bonds is 2. The van der Waals surface area contributed by atoms with Crippen LogP contribution in [0.2, 0.25) is 0 Å². The minimum Gasteiger partial charge on any atom is -0.249 e. The van der Waals surface area contributed by atoms with Crippen molar-refractivity contribution in [3.8, 4) is 0 Å². The van der Waals surface area contributed by atoms with Crippen molar-refractivity contribution in [2.75, 3.05) is 5.88 Å². The van der Waals surface area contributed by atoms with Crippen LogP contribution in [0.4, 0.5) is 0 Å². The molecule has 0 aliphatic heterocycles. The summed E-state index contributed by atoms with van der Waals surface area (Å²) >= 11 is 7.36. The summed E-state index contributed by atoms with van der Waals surface area (Å²) in [6.07, 6.45) is 0. The number of aromatic nitrogens is 1. The number of hydrogen-bond donors (Lipinski definition) is 0. The molecule has 0 aliphatic carbocycles. The number of halogens is 1. The lowest BCUT2D eigenvalue weighted by Gasteiger charge is -2.17. The van der Waals surface area contributed by atoms with Crippen molar-refractivity contribution in [3.63, 3.8) is 0 Å². The van der Waals surface area contributed by atoms with Crippen molar-refractivity contribution in [1.29, 1.82) is 0 Å². The van der Waals surface area contributed by atoms with Crippen molar-refractivity contribution < 1.29 is 0 Å². The molecule has 0 aromatic carbocycles. The van der Waals surface area contributed by atoms with Crippen LogP contribution in [0, 0.1) is 0 Å². The lowest BCUT2D eigenvalue weighted by atomic mass is 9.93. The van der Waals surface area contributed by atoms with Gasteiger partial charge in [0.1, 0.15) is 0 Å². The first-order chi connectivity index (χ1) is 4.67. The first kappa shape index (κ1) is 8.02. The van der Waals surface area contributed by atoms with Crippen molar-refractivity contribution in [1.82, 2.24) is 4.98 Å². The molecule has 3 heteroatoms. The van der Waals surface area contributed by atoms with Crippen LogP contribution in [0.1, 0.15) is 19.5 Å². The van der Waals surface area contributed by atoms with Crippen LogP contribution < -0.4 is 0 Å². The standard InChI is InChI=1S/C7H10ClNS/c1-7(2,4-8)6-3-10-5-9-6/h3,5H,4H2,1-2H3. The normalized spacial score (nSPS) is 11.9. The second-order valence-electron chi connectivity index (χ2n) is 2.89. The molecule has 0 unspecified atom stereocenters. The Morgan fingerprint density at radius 3 is 2.80 bits per heavy atom. The average molecular weight is 176 g/mol. The van der Waals surface area contributed by atoms with Crippen LogP contribution in [-0.2, 0) is 5.41 Å². The van der Waals surface area contributed by atoms with E-state index in [2.05, 4.69) is 18.8 Å². The summed E-state index contributed by atoms with van der Waals surface area (Å²) in [6, 6.07) is 0. The van der Waals surface area contributed by atoms with E-state index in [1.54, 1.807) is 11.3 Å². The molecule has 1 rings (SSSR count). The molecule has 56 valence electrons. The zero-order valence-corrected chi connectivity index (χ0v) is 7.67. The highest BCUT2D eigenvalue weighted by Crippen LogP contribution is 2.23. The summed E-state index contributed by atoms with van der Waals surface area (Å²) in [5.74, 6) is 0.622. The van der Waals surface area contributed by atoms with E-state index in [0.29, 0.717) is 5.88 Å². The quantitative estimate of drug-likeness (QED) is 0.630. The smallest absolute Gasteiger partial charge is 0.0794 e. The zero-order valence-electron chi connectivity index (χ0n) is 6.10. The Morgan fingerprint density at radius 1 is 1.70 bits per heavy atom. The molecule has 1 heterocycles. The molecule has 0 atom stereocenters. The molecule has 0 saturated heterocycles. The molecule has 0 radical (unpaired) electrons. The fourth-order valence-electron chi connectivity index (χ4n) is 0.615. The molecule has 0 saturated carbocycles. The van der Waals surface area contributed by atoms with E-state index in [4.69, 9.17) is 11.6 Å².